The van der Waals surface area contributed by atoms with Gasteiger partial charge in [-0.25, -0.2) is 9.97 Å². The van der Waals surface area contributed by atoms with E-state index in [9.17, 15) is 18.0 Å². The van der Waals surface area contributed by atoms with Crippen molar-refractivity contribution in [2.75, 3.05) is 5.32 Å². The van der Waals surface area contributed by atoms with Crippen molar-refractivity contribution < 1.29 is 17.9 Å². The van der Waals surface area contributed by atoms with E-state index in [0.717, 1.165) is 12.5 Å². The van der Waals surface area contributed by atoms with Gasteiger partial charge >= 0.3 is 11.7 Å². The molecule has 0 saturated carbocycles. The number of benzene rings is 1. The van der Waals surface area contributed by atoms with Crippen LogP contribution in [0.25, 0.3) is 11.2 Å². The zero-order chi connectivity index (χ0) is 24.5. The van der Waals surface area contributed by atoms with Crippen molar-refractivity contribution >= 4 is 34.4 Å². The van der Waals surface area contributed by atoms with Crippen LogP contribution in [0, 0.1) is 0 Å². The lowest BCUT2D eigenvalue weighted by Gasteiger charge is -2.17. The summed E-state index contributed by atoms with van der Waals surface area (Å²) in [5.74, 6) is 0.0203. The summed E-state index contributed by atoms with van der Waals surface area (Å²) in [5, 5.41) is 3.60. The highest BCUT2D eigenvalue weighted by Gasteiger charge is 2.38. The number of pyridine rings is 1. The molecule has 0 unspecified atom stereocenters. The lowest BCUT2D eigenvalue weighted by atomic mass is 10.2. The van der Waals surface area contributed by atoms with E-state index in [1.165, 1.54) is 18.3 Å². The highest BCUT2D eigenvalue weighted by Crippen LogP contribution is 2.25. The lowest BCUT2D eigenvalue weighted by molar-refractivity contribution is -0.189. The molecule has 0 aliphatic carbocycles. The monoisotopic (exact) mass is 492 g/mol. The van der Waals surface area contributed by atoms with Gasteiger partial charge < -0.3 is 14.6 Å². The molecule has 8 nitrogen and oxygen atoms in total. The summed E-state index contributed by atoms with van der Waals surface area (Å²) in [7, 11) is 0. The van der Waals surface area contributed by atoms with Crippen LogP contribution in [-0.4, -0.2) is 36.4 Å². The van der Waals surface area contributed by atoms with E-state index in [4.69, 9.17) is 16.3 Å². The van der Waals surface area contributed by atoms with Gasteiger partial charge in [-0.1, -0.05) is 23.7 Å². The number of imidazole rings is 1. The fraction of sp³-hybridized carbons (Fsp3) is 0.273. The molecule has 1 atom stereocenters. The normalized spacial score (nSPS) is 12.6. The van der Waals surface area contributed by atoms with Crippen LogP contribution in [0.4, 0.5) is 24.8 Å². The van der Waals surface area contributed by atoms with Crippen molar-refractivity contribution in [1.29, 1.82) is 0 Å². The number of alkyl halides is 3. The maximum atomic E-state index is 12.8. The number of fused-ring (bicyclic) bond motifs is 1. The fourth-order valence-corrected chi connectivity index (χ4v) is 3.38. The molecule has 178 valence electrons. The van der Waals surface area contributed by atoms with Crippen molar-refractivity contribution in [1.82, 2.24) is 24.1 Å². The second-order valence-corrected chi connectivity index (χ2v) is 7.90. The molecule has 0 spiro atoms. The first kappa shape index (κ1) is 23.6. The topological polar surface area (TPSA) is 86.9 Å². The summed E-state index contributed by atoms with van der Waals surface area (Å²) in [5.41, 5.74) is 1.64. The van der Waals surface area contributed by atoms with Crippen LogP contribution in [0.1, 0.15) is 19.4 Å². The predicted octanol–water partition coefficient (Wildman–Crippen LogP) is 4.78. The molecule has 34 heavy (non-hydrogen) atoms. The first-order valence-corrected chi connectivity index (χ1v) is 10.7. The fourth-order valence-electron chi connectivity index (χ4n) is 3.26. The molecule has 4 rings (SSSR count). The summed E-state index contributed by atoms with van der Waals surface area (Å²) >= 11 is 5.99. The molecule has 12 heteroatoms. The van der Waals surface area contributed by atoms with Crippen LogP contribution >= 0.6 is 11.6 Å². The van der Waals surface area contributed by atoms with Gasteiger partial charge in [0.2, 0.25) is 11.8 Å². The number of nitrogens with zero attached hydrogens (tertiary/aromatic N) is 5. The third-order valence-corrected chi connectivity index (χ3v) is 5.34. The van der Waals surface area contributed by atoms with Gasteiger partial charge in [0.15, 0.2) is 17.3 Å². The molecular formula is C22H20ClF3N6O2. The first-order valence-electron chi connectivity index (χ1n) is 10.3. The second-order valence-electron chi connectivity index (χ2n) is 7.47. The molecule has 1 aromatic carbocycles. The molecular weight excluding hydrogens is 473 g/mol. The van der Waals surface area contributed by atoms with Crippen LogP contribution in [0.3, 0.4) is 0 Å². The molecule has 1 N–H and O–H groups in total. The Kier molecular flexibility index (Phi) is 6.47. The molecule has 0 fully saturated rings. The van der Waals surface area contributed by atoms with Gasteiger partial charge in [0.1, 0.15) is 0 Å². The van der Waals surface area contributed by atoms with Crippen molar-refractivity contribution in [3.63, 3.8) is 0 Å². The van der Waals surface area contributed by atoms with E-state index in [-0.39, 0.29) is 11.8 Å². The van der Waals surface area contributed by atoms with Gasteiger partial charge in [-0.15, -0.1) is 0 Å². The molecule has 0 aliphatic rings. The Morgan fingerprint density at radius 2 is 1.88 bits per heavy atom. The Morgan fingerprint density at radius 3 is 2.50 bits per heavy atom. The number of hydrogen-bond acceptors (Lipinski definition) is 6. The van der Waals surface area contributed by atoms with Crippen LogP contribution in [0.2, 0.25) is 5.02 Å². The maximum absolute atomic E-state index is 12.8. The van der Waals surface area contributed by atoms with Gasteiger partial charge in [-0.3, -0.25) is 9.36 Å². The largest absolute Gasteiger partial charge is 0.465 e. The Morgan fingerprint density at radius 1 is 1.15 bits per heavy atom. The van der Waals surface area contributed by atoms with E-state index in [2.05, 4.69) is 20.3 Å². The minimum Gasteiger partial charge on any atom is -0.465 e. The SMILES string of the molecule is CCn1cnc2c1c(=O)nc(Nc1ccc(O[C@H](C)C(F)(F)F)nc1)n2Cc1ccc(Cl)cc1. The first-order chi connectivity index (χ1) is 16.2. The van der Waals surface area contributed by atoms with E-state index in [0.29, 0.717) is 35.0 Å². The summed E-state index contributed by atoms with van der Waals surface area (Å²) in [6.45, 7) is 3.67. The molecule has 0 radical (unpaired) electrons. The number of rotatable bonds is 7. The predicted molar refractivity (Wildman–Crippen MR) is 122 cm³/mol. The van der Waals surface area contributed by atoms with Crippen LogP contribution in [-0.2, 0) is 13.1 Å². The number of nitrogens with one attached hydrogen (secondary N) is 1. The third kappa shape index (κ3) is 4.98. The number of aromatic nitrogens is 5. The quantitative estimate of drug-likeness (QED) is 0.399. The number of aryl methyl sites for hydroxylation is 1. The average Bonchev–Trinajstić information content (AvgIpc) is 3.23. The summed E-state index contributed by atoms with van der Waals surface area (Å²) < 4.78 is 46.4. The number of halogens is 4. The molecule has 0 saturated heterocycles. The van der Waals surface area contributed by atoms with Crippen LogP contribution in [0.15, 0.2) is 53.7 Å². The van der Waals surface area contributed by atoms with E-state index < -0.39 is 17.8 Å². The molecule has 4 aromatic rings. The minimum absolute atomic E-state index is 0.181. The van der Waals surface area contributed by atoms with Gasteiger partial charge in [0, 0.05) is 17.6 Å². The van der Waals surface area contributed by atoms with Gasteiger partial charge in [0.05, 0.1) is 24.8 Å². The highest BCUT2D eigenvalue weighted by atomic mass is 35.5. The highest BCUT2D eigenvalue weighted by molar-refractivity contribution is 6.30. The Labute approximate surface area is 197 Å². The van der Waals surface area contributed by atoms with Crippen molar-refractivity contribution in [2.24, 2.45) is 0 Å². The third-order valence-electron chi connectivity index (χ3n) is 5.09. The number of anilines is 2. The smallest absolute Gasteiger partial charge is 0.425 e. The maximum Gasteiger partial charge on any atom is 0.425 e. The van der Waals surface area contributed by atoms with Gasteiger partial charge in [-0.2, -0.15) is 18.2 Å². The van der Waals surface area contributed by atoms with Gasteiger partial charge in [0.25, 0.3) is 0 Å². The van der Waals surface area contributed by atoms with Crippen molar-refractivity contribution in [3.05, 3.63) is 69.9 Å². The van der Waals surface area contributed by atoms with Crippen LogP contribution < -0.4 is 15.6 Å². The minimum atomic E-state index is -4.50. The summed E-state index contributed by atoms with van der Waals surface area (Å²) in [6, 6.07) is 10.00. The van der Waals surface area contributed by atoms with E-state index >= 15 is 0 Å². The number of hydrogen-bond donors (Lipinski definition) is 1. The zero-order valence-electron chi connectivity index (χ0n) is 18.2. The summed E-state index contributed by atoms with van der Waals surface area (Å²) in [4.78, 5) is 25.3. The van der Waals surface area contributed by atoms with Crippen molar-refractivity contribution in [3.8, 4) is 5.88 Å². The second kappa shape index (κ2) is 9.34. The van der Waals surface area contributed by atoms with Crippen molar-refractivity contribution in [2.45, 2.75) is 39.2 Å². The zero-order valence-corrected chi connectivity index (χ0v) is 18.9. The average molecular weight is 493 g/mol. The Balaban J connectivity index is 1.69. The van der Waals surface area contributed by atoms with Crippen LogP contribution in [0.5, 0.6) is 5.88 Å². The Hall–Kier alpha value is -3.60. The standard InChI is InChI=1S/C22H20ClF3N6O2/c1-3-31-12-28-19-18(31)20(33)30-21(32(19)11-14-4-6-15(23)7-5-14)29-16-8-9-17(27-10-16)34-13(2)22(24,25)26/h4-10,12-13H,3,11H2,1-2H3,(H,29,30,33)/t13-/m1/s1. The molecule has 3 heterocycles. The van der Waals surface area contributed by atoms with E-state index in [1.54, 1.807) is 27.6 Å². The molecule has 0 bridgehead atoms. The molecule has 0 aliphatic heterocycles. The lowest BCUT2D eigenvalue weighted by Crippen LogP contribution is -2.31. The number of ether oxygens (including phenoxy) is 1. The van der Waals surface area contributed by atoms with E-state index in [1.807, 2.05) is 19.1 Å². The summed E-state index contributed by atoms with van der Waals surface area (Å²) in [6.07, 6.45) is -3.63. The Bertz CT molecular complexity index is 1350. The van der Waals surface area contributed by atoms with Gasteiger partial charge in [-0.05, 0) is 37.6 Å². The molecule has 0 amide bonds. The molecule has 3 aromatic heterocycles.